The Morgan fingerprint density at radius 2 is 2.33 bits per heavy atom. The lowest BCUT2D eigenvalue weighted by Crippen LogP contribution is -2.19. The van der Waals surface area contributed by atoms with Crippen molar-refractivity contribution in [1.82, 2.24) is 10.3 Å². The van der Waals surface area contributed by atoms with Crippen LogP contribution in [0, 0.1) is 6.92 Å². The van der Waals surface area contributed by atoms with E-state index in [9.17, 15) is 4.79 Å². The SMILES string of the molecule is CNCCC(=O)Nc1cc(C)c(Br)cn1. The number of nitrogens with one attached hydrogen (secondary N) is 2. The zero-order chi connectivity index (χ0) is 11.3. The fourth-order valence-electron chi connectivity index (χ4n) is 1.05. The third-order valence-corrected chi connectivity index (χ3v) is 2.75. The maximum Gasteiger partial charge on any atom is 0.226 e. The van der Waals surface area contributed by atoms with Crippen LogP contribution in [-0.4, -0.2) is 24.5 Å². The molecule has 0 saturated heterocycles. The van der Waals surface area contributed by atoms with E-state index in [1.807, 2.05) is 20.0 Å². The van der Waals surface area contributed by atoms with Gasteiger partial charge in [0.2, 0.25) is 5.91 Å². The van der Waals surface area contributed by atoms with Crippen molar-refractivity contribution in [3.05, 3.63) is 22.3 Å². The van der Waals surface area contributed by atoms with Crippen molar-refractivity contribution in [1.29, 1.82) is 0 Å². The van der Waals surface area contributed by atoms with Crippen molar-refractivity contribution in [3.8, 4) is 0 Å². The summed E-state index contributed by atoms with van der Waals surface area (Å²) in [5.41, 5.74) is 1.05. The Bertz CT molecular complexity index is 355. The van der Waals surface area contributed by atoms with Crippen LogP contribution in [0.1, 0.15) is 12.0 Å². The number of anilines is 1. The van der Waals surface area contributed by atoms with Crippen molar-refractivity contribution in [3.63, 3.8) is 0 Å². The van der Waals surface area contributed by atoms with Crippen LogP contribution < -0.4 is 10.6 Å². The van der Waals surface area contributed by atoms with E-state index in [1.165, 1.54) is 0 Å². The highest BCUT2D eigenvalue weighted by molar-refractivity contribution is 9.10. The van der Waals surface area contributed by atoms with Gasteiger partial charge in [-0.2, -0.15) is 0 Å². The van der Waals surface area contributed by atoms with E-state index >= 15 is 0 Å². The molecule has 0 aromatic carbocycles. The second-order valence-electron chi connectivity index (χ2n) is 3.22. The maximum absolute atomic E-state index is 11.4. The first kappa shape index (κ1) is 12.1. The molecule has 0 bridgehead atoms. The van der Waals surface area contributed by atoms with Gasteiger partial charge in [0.1, 0.15) is 5.82 Å². The Labute approximate surface area is 97.6 Å². The number of aryl methyl sites for hydroxylation is 1. The minimum atomic E-state index is -0.0291. The number of hydrogen-bond acceptors (Lipinski definition) is 3. The molecule has 5 heteroatoms. The summed E-state index contributed by atoms with van der Waals surface area (Å²) in [5, 5.41) is 5.65. The molecule has 1 aromatic heterocycles. The quantitative estimate of drug-likeness (QED) is 0.877. The molecule has 0 radical (unpaired) electrons. The summed E-state index contributed by atoms with van der Waals surface area (Å²) in [7, 11) is 1.81. The first-order valence-corrected chi connectivity index (χ1v) is 5.49. The minimum absolute atomic E-state index is 0.0291. The number of amides is 1. The van der Waals surface area contributed by atoms with Gasteiger partial charge in [-0.3, -0.25) is 4.79 Å². The maximum atomic E-state index is 11.4. The van der Waals surface area contributed by atoms with Gasteiger partial charge in [-0.1, -0.05) is 0 Å². The standard InChI is InChI=1S/C10H14BrN3O/c1-7-5-9(13-6-8(7)11)14-10(15)3-4-12-2/h5-6,12H,3-4H2,1-2H3,(H,13,14,15). The lowest BCUT2D eigenvalue weighted by Gasteiger charge is -2.05. The summed E-state index contributed by atoms with van der Waals surface area (Å²) < 4.78 is 0.940. The molecular formula is C10H14BrN3O. The van der Waals surface area contributed by atoms with Crippen molar-refractivity contribution in [2.75, 3.05) is 18.9 Å². The smallest absolute Gasteiger partial charge is 0.226 e. The first-order valence-electron chi connectivity index (χ1n) is 4.70. The van der Waals surface area contributed by atoms with Gasteiger partial charge < -0.3 is 10.6 Å². The zero-order valence-electron chi connectivity index (χ0n) is 8.80. The van der Waals surface area contributed by atoms with Gasteiger partial charge in [0.05, 0.1) is 0 Å². The van der Waals surface area contributed by atoms with Crippen molar-refractivity contribution in [2.24, 2.45) is 0 Å². The molecule has 1 aromatic rings. The molecule has 2 N–H and O–H groups in total. The third kappa shape index (κ3) is 3.97. The lowest BCUT2D eigenvalue weighted by molar-refractivity contribution is -0.116. The van der Waals surface area contributed by atoms with Crippen LogP contribution in [0.2, 0.25) is 0 Å². The van der Waals surface area contributed by atoms with E-state index in [0.717, 1.165) is 10.0 Å². The van der Waals surface area contributed by atoms with Gasteiger partial charge >= 0.3 is 0 Å². The van der Waals surface area contributed by atoms with E-state index in [0.29, 0.717) is 18.8 Å². The number of halogens is 1. The number of pyridine rings is 1. The van der Waals surface area contributed by atoms with Gasteiger partial charge in [-0.05, 0) is 41.5 Å². The third-order valence-electron chi connectivity index (χ3n) is 1.92. The highest BCUT2D eigenvalue weighted by atomic mass is 79.9. The summed E-state index contributed by atoms with van der Waals surface area (Å²) in [6.07, 6.45) is 2.14. The topological polar surface area (TPSA) is 54.0 Å². The highest BCUT2D eigenvalue weighted by Crippen LogP contribution is 2.17. The number of nitrogens with zero attached hydrogens (tertiary/aromatic N) is 1. The van der Waals surface area contributed by atoms with Crippen LogP contribution in [0.5, 0.6) is 0 Å². The molecule has 1 amide bonds. The average molecular weight is 272 g/mol. The predicted molar refractivity (Wildman–Crippen MR) is 63.8 cm³/mol. The number of aromatic nitrogens is 1. The summed E-state index contributed by atoms with van der Waals surface area (Å²) in [4.78, 5) is 15.5. The summed E-state index contributed by atoms with van der Waals surface area (Å²) in [6, 6.07) is 1.83. The number of rotatable bonds is 4. The first-order chi connectivity index (χ1) is 7.13. The molecular weight excluding hydrogens is 258 g/mol. The lowest BCUT2D eigenvalue weighted by atomic mass is 10.3. The van der Waals surface area contributed by atoms with Crippen LogP contribution in [-0.2, 0) is 4.79 Å². The minimum Gasteiger partial charge on any atom is -0.319 e. The van der Waals surface area contributed by atoms with E-state index in [2.05, 4.69) is 31.5 Å². The molecule has 0 saturated carbocycles. The summed E-state index contributed by atoms with van der Waals surface area (Å²) in [6.45, 7) is 2.62. The van der Waals surface area contributed by atoms with Crippen molar-refractivity contribution in [2.45, 2.75) is 13.3 Å². The molecule has 82 valence electrons. The molecule has 0 spiro atoms. The van der Waals surface area contributed by atoms with E-state index < -0.39 is 0 Å². The van der Waals surface area contributed by atoms with Crippen LogP contribution in [0.4, 0.5) is 5.82 Å². The van der Waals surface area contributed by atoms with E-state index in [4.69, 9.17) is 0 Å². The van der Waals surface area contributed by atoms with Gasteiger partial charge in [0.25, 0.3) is 0 Å². The fourth-order valence-corrected chi connectivity index (χ4v) is 1.27. The van der Waals surface area contributed by atoms with E-state index in [-0.39, 0.29) is 5.91 Å². The molecule has 15 heavy (non-hydrogen) atoms. The normalized spacial score (nSPS) is 10.1. The molecule has 4 nitrogen and oxygen atoms in total. The van der Waals surface area contributed by atoms with Crippen LogP contribution in [0.15, 0.2) is 16.7 Å². The molecule has 0 atom stereocenters. The number of hydrogen-bond donors (Lipinski definition) is 2. The zero-order valence-corrected chi connectivity index (χ0v) is 10.4. The average Bonchev–Trinajstić information content (AvgIpc) is 2.20. The van der Waals surface area contributed by atoms with E-state index in [1.54, 1.807) is 6.20 Å². The fraction of sp³-hybridized carbons (Fsp3) is 0.400. The summed E-state index contributed by atoms with van der Waals surface area (Å²) in [5.74, 6) is 0.565. The van der Waals surface area contributed by atoms with Crippen LogP contribution in [0.25, 0.3) is 0 Å². The molecule has 0 unspecified atom stereocenters. The Hall–Kier alpha value is -0.940. The van der Waals surface area contributed by atoms with Crippen molar-refractivity contribution < 1.29 is 4.79 Å². The number of carbonyl (C=O) groups excluding carboxylic acids is 1. The Morgan fingerprint density at radius 3 is 2.93 bits per heavy atom. The second kappa shape index (κ2) is 5.82. The van der Waals surface area contributed by atoms with Gasteiger partial charge in [-0.25, -0.2) is 4.98 Å². The molecule has 1 heterocycles. The highest BCUT2D eigenvalue weighted by Gasteiger charge is 2.03. The van der Waals surface area contributed by atoms with Gasteiger partial charge in [0, 0.05) is 23.6 Å². The monoisotopic (exact) mass is 271 g/mol. The second-order valence-corrected chi connectivity index (χ2v) is 4.07. The Kier molecular flexibility index (Phi) is 4.71. The van der Waals surface area contributed by atoms with Crippen molar-refractivity contribution >= 4 is 27.7 Å². The van der Waals surface area contributed by atoms with Gasteiger partial charge in [-0.15, -0.1) is 0 Å². The molecule has 0 aliphatic heterocycles. The Balaban J connectivity index is 2.57. The molecule has 1 rings (SSSR count). The number of carbonyl (C=O) groups is 1. The predicted octanol–water partition coefficient (Wildman–Crippen LogP) is 1.70. The largest absolute Gasteiger partial charge is 0.319 e. The molecule has 0 aliphatic carbocycles. The summed E-state index contributed by atoms with van der Waals surface area (Å²) >= 11 is 3.35. The van der Waals surface area contributed by atoms with Gasteiger partial charge in [0.15, 0.2) is 0 Å². The Morgan fingerprint density at radius 1 is 1.60 bits per heavy atom. The van der Waals surface area contributed by atoms with Crippen LogP contribution in [0.3, 0.4) is 0 Å². The molecule has 0 aliphatic rings. The van der Waals surface area contributed by atoms with Crippen LogP contribution >= 0.6 is 15.9 Å². The molecule has 0 fully saturated rings.